The van der Waals surface area contributed by atoms with Gasteiger partial charge < -0.3 is 15.4 Å². The summed E-state index contributed by atoms with van der Waals surface area (Å²) in [6, 6.07) is 4.70. The van der Waals surface area contributed by atoms with E-state index >= 15 is 0 Å². The van der Waals surface area contributed by atoms with E-state index < -0.39 is 0 Å². The van der Waals surface area contributed by atoms with E-state index in [4.69, 9.17) is 4.74 Å². The van der Waals surface area contributed by atoms with Crippen molar-refractivity contribution in [2.24, 2.45) is 4.99 Å². The lowest BCUT2D eigenvalue weighted by Gasteiger charge is -2.34. The molecular formula is C16H28N4OS. The number of guanidine groups is 1. The fourth-order valence-corrected chi connectivity index (χ4v) is 3.37. The van der Waals surface area contributed by atoms with Crippen molar-refractivity contribution in [3.05, 3.63) is 22.4 Å². The average Bonchev–Trinajstić information content (AvgIpc) is 3.00. The van der Waals surface area contributed by atoms with Gasteiger partial charge in [0.25, 0.3) is 0 Å². The molecule has 0 saturated carbocycles. The van der Waals surface area contributed by atoms with Gasteiger partial charge in [0.1, 0.15) is 0 Å². The number of morpholine rings is 1. The van der Waals surface area contributed by atoms with Gasteiger partial charge in [0, 0.05) is 37.1 Å². The Morgan fingerprint density at radius 1 is 1.41 bits per heavy atom. The molecule has 1 atom stereocenters. The van der Waals surface area contributed by atoms with E-state index in [0.717, 1.165) is 38.8 Å². The van der Waals surface area contributed by atoms with E-state index in [0.29, 0.717) is 6.04 Å². The molecule has 0 aromatic carbocycles. The van der Waals surface area contributed by atoms with Crippen LogP contribution in [0.15, 0.2) is 22.5 Å². The molecule has 0 bridgehead atoms. The standard InChI is InChI=1S/C16H28N4OS/c1-16(2,3)19-15(17-4)18-12-13(14-6-5-11-22-14)20-7-9-21-10-8-20/h5-6,11,13H,7-10,12H2,1-4H3,(H2,17,18,19). The molecule has 1 aliphatic heterocycles. The molecule has 22 heavy (non-hydrogen) atoms. The summed E-state index contributed by atoms with van der Waals surface area (Å²) in [4.78, 5) is 8.21. The Labute approximate surface area is 137 Å². The van der Waals surface area contributed by atoms with Crippen molar-refractivity contribution < 1.29 is 4.74 Å². The first kappa shape index (κ1) is 17.2. The predicted octanol–water partition coefficient (Wildman–Crippen LogP) is 2.08. The maximum absolute atomic E-state index is 5.49. The third-order valence-electron chi connectivity index (χ3n) is 3.54. The van der Waals surface area contributed by atoms with E-state index in [1.54, 1.807) is 0 Å². The highest BCUT2D eigenvalue weighted by Gasteiger charge is 2.24. The van der Waals surface area contributed by atoms with Crippen molar-refractivity contribution in [3.63, 3.8) is 0 Å². The van der Waals surface area contributed by atoms with Gasteiger partial charge in [0.05, 0.1) is 19.3 Å². The smallest absolute Gasteiger partial charge is 0.191 e. The minimum atomic E-state index is -0.000758. The van der Waals surface area contributed by atoms with Gasteiger partial charge >= 0.3 is 0 Å². The first-order valence-electron chi connectivity index (χ1n) is 7.83. The molecule has 1 aromatic heterocycles. The van der Waals surface area contributed by atoms with Crippen LogP contribution in [0.5, 0.6) is 0 Å². The normalized spacial score (nSPS) is 19.0. The maximum Gasteiger partial charge on any atom is 0.191 e. The van der Waals surface area contributed by atoms with Crippen molar-refractivity contribution in [1.82, 2.24) is 15.5 Å². The van der Waals surface area contributed by atoms with Gasteiger partial charge in [-0.1, -0.05) is 6.07 Å². The van der Waals surface area contributed by atoms with Crippen molar-refractivity contribution >= 4 is 17.3 Å². The van der Waals surface area contributed by atoms with E-state index in [-0.39, 0.29) is 5.54 Å². The number of aliphatic imine (C=N–C) groups is 1. The van der Waals surface area contributed by atoms with Gasteiger partial charge in [-0.05, 0) is 32.2 Å². The SMILES string of the molecule is CN=C(NCC(c1cccs1)N1CCOCC1)NC(C)(C)C. The molecule has 0 radical (unpaired) electrons. The second-order valence-electron chi connectivity index (χ2n) is 6.51. The highest BCUT2D eigenvalue weighted by Crippen LogP contribution is 2.25. The topological polar surface area (TPSA) is 48.9 Å². The Kier molecular flexibility index (Phi) is 6.23. The fourth-order valence-electron chi connectivity index (χ4n) is 2.51. The first-order chi connectivity index (χ1) is 10.5. The second-order valence-corrected chi connectivity index (χ2v) is 7.49. The number of ether oxygens (including phenoxy) is 1. The summed E-state index contributed by atoms with van der Waals surface area (Å²) in [6.45, 7) is 10.9. The Bertz CT molecular complexity index is 461. The van der Waals surface area contributed by atoms with Crippen molar-refractivity contribution in [2.75, 3.05) is 39.9 Å². The first-order valence-corrected chi connectivity index (χ1v) is 8.71. The van der Waals surface area contributed by atoms with E-state index in [1.165, 1.54) is 4.88 Å². The highest BCUT2D eigenvalue weighted by molar-refractivity contribution is 7.10. The molecular weight excluding hydrogens is 296 g/mol. The van der Waals surface area contributed by atoms with Crippen LogP contribution in [-0.4, -0.2) is 56.3 Å². The number of hydrogen-bond acceptors (Lipinski definition) is 4. The quantitative estimate of drug-likeness (QED) is 0.658. The zero-order valence-corrected chi connectivity index (χ0v) is 14.9. The molecule has 124 valence electrons. The summed E-state index contributed by atoms with van der Waals surface area (Å²) >= 11 is 1.81. The van der Waals surface area contributed by atoms with Crippen molar-refractivity contribution in [3.8, 4) is 0 Å². The van der Waals surface area contributed by atoms with Crippen LogP contribution >= 0.6 is 11.3 Å². The monoisotopic (exact) mass is 324 g/mol. The maximum atomic E-state index is 5.49. The lowest BCUT2D eigenvalue weighted by molar-refractivity contribution is 0.0177. The molecule has 1 aromatic rings. The van der Waals surface area contributed by atoms with Crippen molar-refractivity contribution in [1.29, 1.82) is 0 Å². The number of rotatable bonds is 4. The minimum absolute atomic E-state index is 0.000758. The number of nitrogens with one attached hydrogen (secondary N) is 2. The third-order valence-corrected chi connectivity index (χ3v) is 4.51. The van der Waals surface area contributed by atoms with Gasteiger partial charge in [-0.2, -0.15) is 0 Å². The summed E-state index contributed by atoms with van der Waals surface area (Å²) in [5, 5.41) is 9.03. The average molecular weight is 324 g/mol. The van der Waals surface area contributed by atoms with Gasteiger partial charge in [-0.15, -0.1) is 11.3 Å². The zero-order valence-electron chi connectivity index (χ0n) is 14.1. The highest BCUT2D eigenvalue weighted by atomic mass is 32.1. The molecule has 0 amide bonds. The summed E-state index contributed by atoms with van der Waals surface area (Å²) in [7, 11) is 1.82. The van der Waals surface area contributed by atoms with Crippen LogP contribution in [0.4, 0.5) is 0 Å². The molecule has 1 aliphatic rings. The summed E-state index contributed by atoms with van der Waals surface area (Å²) < 4.78 is 5.49. The van der Waals surface area contributed by atoms with Crippen LogP contribution in [0.25, 0.3) is 0 Å². The predicted molar refractivity (Wildman–Crippen MR) is 93.7 cm³/mol. The molecule has 6 heteroatoms. The van der Waals surface area contributed by atoms with E-state index in [1.807, 2.05) is 18.4 Å². The molecule has 5 nitrogen and oxygen atoms in total. The minimum Gasteiger partial charge on any atom is -0.379 e. The van der Waals surface area contributed by atoms with Gasteiger partial charge in [-0.25, -0.2) is 0 Å². The fraction of sp³-hybridized carbons (Fsp3) is 0.688. The summed E-state index contributed by atoms with van der Waals surface area (Å²) in [6.07, 6.45) is 0. The molecule has 2 N–H and O–H groups in total. The summed E-state index contributed by atoms with van der Waals surface area (Å²) in [5.41, 5.74) is -0.000758. The number of thiophene rings is 1. The van der Waals surface area contributed by atoms with Gasteiger partial charge in [0.15, 0.2) is 5.96 Å². The Morgan fingerprint density at radius 3 is 2.68 bits per heavy atom. The van der Waals surface area contributed by atoms with Gasteiger partial charge in [0.2, 0.25) is 0 Å². The van der Waals surface area contributed by atoms with Crippen molar-refractivity contribution in [2.45, 2.75) is 32.4 Å². The Morgan fingerprint density at radius 2 is 2.14 bits per heavy atom. The van der Waals surface area contributed by atoms with E-state index in [2.05, 4.69) is 58.8 Å². The number of hydrogen-bond donors (Lipinski definition) is 2. The van der Waals surface area contributed by atoms with Crippen LogP contribution in [0.3, 0.4) is 0 Å². The third kappa shape index (κ3) is 5.26. The second kappa shape index (κ2) is 7.94. The van der Waals surface area contributed by atoms with Gasteiger partial charge in [-0.3, -0.25) is 9.89 Å². The van der Waals surface area contributed by atoms with Crippen LogP contribution in [0.2, 0.25) is 0 Å². The van der Waals surface area contributed by atoms with Crippen LogP contribution < -0.4 is 10.6 Å². The molecule has 0 spiro atoms. The lowest BCUT2D eigenvalue weighted by Crippen LogP contribution is -2.50. The van der Waals surface area contributed by atoms with Crippen LogP contribution in [-0.2, 0) is 4.74 Å². The molecule has 1 fully saturated rings. The Balaban J connectivity index is 2.00. The molecule has 1 saturated heterocycles. The zero-order chi connectivity index (χ0) is 16.0. The molecule has 2 rings (SSSR count). The van der Waals surface area contributed by atoms with E-state index in [9.17, 15) is 0 Å². The molecule has 1 unspecified atom stereocenters. The number of nitrogens with zero attached hydrogens (tertiary/aromatic N) is 2. The lowest BCUT2D eigenvalue weighted by atomic mass is 10.1. The molecule has 0 aliphatic carbocycles. The van der Waals surface area contributed by atoms with Crippen LogP contribution in [0.1, 0.15) is 31.7 Å². The van der Waals surface area contributed by atoms with Crippen LogP contribution in [0, 0.1) is 0 Å². The largest absolute Gasteiger partial charge is 0.379 e. The molecule has 2 heterocycles. The Hall–Kier alpha value is -1.11. The summed E-state index contributed by atoms with van der Waals surface area (Å²) in [5.74, 6) is 0.849.